The number of nitrogens with zero attached hydrogens (tertiary/aromatic N) is 2. The van der Waals surface area contributed by atoms with Gasteiger partial charge >= 0.3 is 6.03 Å². The van der Waals surface area contributed by atoms with Gasteiger partial charge in [0.1, 0.15) is 12.2 Å². The number of hydrogen-bond donors (Lipinski definition) is 2. The van der Waals surface area contributed by atoms with E-state index in [1.165, 1.54) is 0 Å². The van der Waals surface area contributed by atoms with Gasteiger partial charge in [-0.25, -0.2) is 4.79 Å². The highest BCUT2D eigenvalue weighted by Gasteiger charge is 2.40. The van der Waals surface area contributed by atoms with E-state index >= 15 is 0 Å². The lowest BCUT2D eigenvalue weighted by Gasteiger charge is -2.45. The van der Waals surface area contributed by atoms with Crippen LogP contribution in [0.15, 0.2) is 0 Å². The van der Waals surface area contributed by atoms with E-state index in [0.29, 0.717) is 26.2 Å². The molecule has 4 aliphatic rings. The minimum atomic E-state index is -0.800. The Labute approximate surface area is 147 Å². The monoisotopic (exact) mass is 347 g/mol. The van der Waals surface area contributed by atoms with Crippen molar-refractivity contribution in [3.8, 4) is 11.8 Å². The second kappa shape index (κ2) is 6.50. The lowest BCUT2D eigenvalue weighted by Crippen LogP contribution is -2.64. The number of piperidine rings is 1. The zero-order valence-corrected chi connectivity index (χ0v) is 14.4. The summed E-state index contributed by atoms with van der Waals surface area (Å²) < 4.78 is 5.52. The molecule has 3 heterocycles. The van der Waals surface area contributed by atoms with Gasteiger partial charge in [0.25, 0.3) is 0 Å². The van der Waals surface area contributed by atoms with Gasteiger partial charge in [-0.3, -0.25) is 4.79 Å². The van der Waals surface area contributed by atoms with Crippen molar-refractivity contribution >= 4 is 11.9 Å². The van der Waals surface area contributed by atoms with Crippen LogP contribution in [0.3, 0.4) is 0 Å². The first-order valence-electron chi connectivity index (χ1n) is 9.22. The van der Waals surface area contributed by atoms with E-state index in [9.17, 15) is 14.7 Å². The van der Waals surface area contributed by atoms with Crippen LogP contribution in [0.5, 0.6) is 0 Å². The zero-order valence-electron chi connectivity index (χ0n) is 14.4. The Morgan fingerprint density at radius 3 is 2.76 bits per heavy atom. The summed E-state index contributed by atoms with van der Waals surface area (Å²) in [6.07, 6.45) is 4.37. The summed E-state index contributed by atoms with van der Waals surface area (Å²) >= 11 is 0. The van der Waals surface area contributed by atoms with Crippen molar-refractivity contribution in [3.05, 3.63) is 0 Å². The summed E-state index contributed by atoms with van der Waals surface area (Å²) in [5, 5.41) is 13.2. The molecule has 0 aromatic rings. The van der Waals surface area contributed by atoms with Crippen LogP contribution in [0.1, 0.15) is 32.1 Å². The van der Waals surface area contributed by atoms with Crippen molar-refractivity contribution in [2.45, 2.75) is 49.9 Å². The third kappa shape index (κ3) is 3.46. The molecule has 136 valence electrons. The molecule has 1 saturated carbocycles. The number of urea groups is 1. The Morgan fingerprint density at radius 1 is 1.24 bits per heavy atom. The smallest absolute Gasteiger partial charge is 0.320 e. The standard InChI is InChI=1S/C18H25N3O4/c22-16-12-25-15-4-8-20(11-14(15)19-16)17(23)21-9-13(10-21)3-7-18(24)5-1-2-6-18/h13-15,24H,1-2,4-6,8-12H2,(H,19,22)/t14-,15+/m1/s1. The van der Waals surface area contributed by atoms with Gasteiger partial charge in [-0.1, -0.05) is 11.8 Å². The third-order valence-corrected chi connectivity index (χ3v) is 5.69. The molecule has 4 fully saturated rings. The zero-order chi connectivity index (χ0) is 17.4. The average Bonchev–Trinajstić information content (AvgIpc) is 2.99. The molecule has 7 nitrogen and oxygen atoms in total. The number of hydrogen-bond acceptors (Lipinski definition) is 4. The van der Waals surface area contributed by atoms with Gasteiger partial charge < -0.3 is 25.0 Å². The number of aliphatic hydroxyl groups is 1. The summed E-state index contributed by atoms with van der Waals surface area (Å²) in [7, 11) is 0. The van der Waals surface area contributed by atoms with Crippen LogP contribution >= 0.6 is 0 Å². The Bertz CT molecular complexity index is 614. The van der Waals surface area contributed by atoms with Gasteiger partial charge in [-0.2, -0.15) is 0 Å². The minimum absolute atomic E-state index is 0.0101. The maximum absolute atomic E-state index is 12.6. The topological polar surface area (TPSA) is 82.1 Å². The molecule has 0 bridgehead atoms. The van der Waals surface area contributed by atoms with E-state index in [2.05, 4.69) is 17.2 Å². The van der Waals surface area contributed by atoms with Crippen LogP contribution in [0, 0.1) is 17.8 Å². The fourth-order valence-corrected chi connectivity index (χ4v) is 4.12. The summed E-state index contributed by atoms with van der Waals surface area (Å²) in [4.78, 5) is 27.7. The number of carbonyl (C=O) groups is 2. The number of likely N-dealkylation sites (tertiary alicyclic amines) is 2. The van der Waals surface area contributed by atoms with E-state index < -0.39 is 5.60 Å². The SMILES string of the molecule is O=C1CO[C@H]2CCN(C(=O)N3CC(C#CC4(O)CCCC4)C3)C[C@H]2N1. The van der Waals surface area contributed by atoms with E-state index in [-0.39, 0.29) is 36.6 Å². The lowest BCUT2D eigenvalue weighted by molar-refractivity contribution is -0.139. The van der Waals surface area contributed by atoms with Crippen molar-refractivity contribution in [2.24, 2.45) is 5.92 Å². The predicted molar refractivity (Wildman–Crippen MR) is 89.5 cm³/mol. The number of ether oxygens (including phenoxy) is 1. The quantitative estimate of drug-likeness (QED) is 0.602. The number of nitrogens with one attached hydrogen (secondary N) is 1. The molecular weight excluding hydrogens is 322 g/mol. The average molecular weight is 347 g/mol. The number of fused-ring (bicyclic) bond motifs is 1. The number of morpholine rings is 1. The van der Waals surface area contributed by atoms with E-state index in [1.807, 2.05) is 0 Å². The number of rotatable bonds is 0. The fourth-order valence-electron chi connectivity index (χ4n) is 4.12. The molecule has 0 spiro atoms. The number of carbonyl (C=O) groups excluding carboxylic acids is 2. The van der Waals surface area contributed by atoms with Gasteiger partial charge in [0.2, 0.25) is 5.91 Å². The minimum Gasteiger partial charge on any atom is -0.378 e. The van der Waals surface area contributed by atoms with Crippen LogP contribution in [-0.2, 0) is 9.53 Å². The second-order valence-corrected chi connectivity index (χ2v) is 7.65. The summed E-state index contributed by atoms with van der Waals surface area (Å²) in [5.41, 5.74) is -0.800. The first-order chi connectivity index (χ1) is 12.0. The van der Waals surface area contributed by atoms with Gasteiger partial charge in [0.05, 0.1) is 18.1 Å². The Kier molecular flexibility index (Phi) is 4.34. The Hall–Kier alpha value is -1.78. The first kappa shape index (κ1) is 16.7. The molecule has 2 N–H and O–H groups in total. The first-order valence-corrected chi connectivity index (χ1v) is 9.22. The molecule has 7 heteroatoms. The van der Waals surface area contributed by atoms with Crippen LogP contribution in [-0.4, -0.2) is 77.4 Å². The summed E-state index contributed by atoms with van der Waals surface area (Å²) in [6, 6.07) is -0.0941. The highest BCUT2D eigenvalue weighted by molar-refractivity contribution is 5.79. The lowest BCUT2D eigenvalue weighted by atomic mass is 9.97. The van der Waals surface area contributed by atoms with Crippen LogP contribution < -0.4 is 5.32 Å². The Morgan fingerprint density at radius 2 is 2.00 bits per heavy atom. The Balaban J connectivity index is 1.27. The van der Waals surface area contributed by atoms with E-state index in [1.54, 1.807) is 9.80 Å². The fraction of sp³-hybridized carbons (Fsp3) is 0.778. The summed E-state index contributed by atoms with van der Waals surface area (Å²) in [6.45, 7) is 2.52. The highest BCUT2D eigenvalue weighted by Crippen LogP contribution is 2.29. The molecule has 4 rings (SSSR count). The van der Waals surface area contributed by atoms with Crippen LogP contribution in [0.25, 0.3) is 0 Å². The molecule has 3 amide bonds. The van der Waals surface area contributed by atoms with Crippen LogP contribution in [0.2, 0.25) is 0 Å². The van der Waals surface area contributed by atoms with Gasteiger partial charge in [-0.15, -0.1) is 0 Å². The molecule has 0 aromatic heterocycles. The molecule has 2 atom stereocenters. The maximum atomic E-state index is 12.6. The molecule has 0 aromatic carbocycles. The molecule has 1 aliphatic carbocycles. The third-order valence-electron chi connectivity index (χ3n) is 5.69. The molecule has 0 unspecified atom stereocenters. The molecule has 3 saturated heterocycles. The number of amides is 3. The highest BCUT2D eigenvalue weighted by atomic mass is 16.5. The van der Waals surface area contributed by atoms with Crippen molar-refractivity contribution in [1.82, 2.24) is 15.1 Å². The maximum Gasteiger partial charge on any atom is 0.320 e. The molecule has 3 aliphatic heterocycles. The van der Waals surface area contributed by atoms with Crippen molar-refractivity contribution in [2.75, 3.05) is 32.8 Å². The van der Waals surface area contributed by atoms with Crippen LogP contribution in [0.4, 0.5) is 4.79 Å². The van der Waals surface area contributed by atoms with E-state index in [4.69, 9.17) is 4.74 Å². The second-order valence-electron chi connectivity index (χ2n) is 7.65. The summed E-state index contributed by atoms with van der Waals surface area (Å²) in [5.74, 6) is 6.23. The predicted octanol–water partition coefficient (Wildman–Crippen LogP) is -0.0640. The van der Waals surface area contributed by atoms with Gasteiger partial charge in [0.15, 0.2) is 0 Å². The van der Waals surface area contributed by atoms with Gasteiger partial charge in [0, 0.05) is 26.2 Å². The van der Waals surface area contributed by atoms with Crippen molar-refractivity contribution < 1.29 is 19.4 Å². The van der Waals surface area contributed by atoms with Gasteiger partial charge in [-0.05, 0) is 32.1 Å². The molecule has 0 radical (unpaired) electrons. The normalized spacial score (nSPS) is 31.5. The molecular formula is C18H25N3O4. The van der Waals surface area contributed by atoms with Crippen molar-refractivity contribution in [1.29, 1.82) is 0 Å². The largest absolute Gasteiger partial charge is 0.378 e. The van der Waals surface area contributed by atoms with E-state index in [0.717, 1.165) is 32.1 Å². The van der Waals surface area contributed by atoms with Crippen molar-refractivity contribution in [3.63, 3.8) is 0 Å². The molecule has 25 heavy (non-hydrogen) atoms.